The average molecular weight is 882 g/mol. The Morgan fingerprint density at radius 3 is 0.986 bits per heavy atom. The predicted octanol–water partition coefficient (Wildman–Crippen LogP) is 17.8. The van der Waals surface area contributed by atoms with Crippen LogP contribution in [0, 0.1) is 0 Å². The highest BCUT2D eigenvalue weighted by atomic mass is 16.2. The normalized spacial score (nSPS) is 13.5. The fourth-order valence-electron chi connectivity index (χ4n) is 13.1. The second-order valence-electron chi connectivity index (χ2n) is 20.0. The summed E-state index contributed by atoms with van der Waals surface area (Å²) < 4.78 is 0. The Morgan fingerprint density at radius 2 is 0.609 bits per heavy atom. The smallest absolute Gasteiger partial charge is 0.266 e. The SMILES string of the molecule is CC(C)c1cccc(C(C)C)c1N1C(=O)c2ccc3c4ccc5c6ccc7c8c(ccc(c9ccc(c%10ccc(c2c3%10)C1=O)c4c59)c86)-c1c-7c(-c2ccccc2)c2ccccc2c1-c1ccccc1. The summed E-state index contributed by atoms with van der Waals surface area (Å²) in [5, 5.41) is 18.7. The summed E-state index contributed by atoms with van der Waals surface area (Å²) in [6.45, 7) is 8.51. The van der Waals surface area contributed by atoms with E-state index in [2.05, 4.69) is 185 Å². The fourth-order valence-corrected chi connectivity index (χ4v) is 13.1. The summed E-state index contributed by atoms with van der Waals surface area (Å²) in [5.74, 6) is -0.265. The lowest BCUT2D eigenvalue weighted by Gasteiger charge is -2.32. The topological polar surface area (TPSA) is 37.4 Å². The number of rotatable bonds is 5. The van der Waals surface area contributed by atoms with Crippen LogP contribution in [0.1, 0.15) is 71.4 Å². The van der Waals surface area contributed by atoms with Crippen LogP contribution in [0.15, 0.2) is 176 Å². The third kappa shape index (κ3) is 4.82. The van der Waals surface area contributed by atoms with Crippen LogP contribution >= 0.6 is 0 Å². The van der Waals surface area contributed by atoms with Crippen molar-refractivity contribution in [3.63, 3.8) is 0 Å². The van der Waals surface area contributed by atoms with Gasteiger partial charge in [0.05, 0.1) is 5.69 Å². The van der Waals surface area contributed by atoms with Crippen LogP contribution in [0.3, 0.4) is 0 Å². The van der Waals surface area contributed by atoms with Crippen LogP contribution in [-0.4, -0.2) is 11.8 Å². The molecule has 0 bridgehead atoms. The van der Waals surface area contributed by atoms with E-state index >= 15 is 0 Å². The van der Waals surface area contributed by atoms with Crippen LogP contribution in [0.5, 0.6) is 0 Å². The lowest BCUT2D eigenvalue weighted by Crippen LogP contribution is -2.41. The first kappa shape index (κ1) is 38.7. The van der Waals surface area contributed by atoms with Crippen molar-refractivity contribution in [3.05, 3.63) is 198 Å². The van der Waals surface area contributed by atoms with Crippen molar-refractivity contribution in [2.45, 2.75) is 39.5 Å². The molecule has 2 aliphatic rings. The molecule has 13 aromatic carbocycles. The summed E-state index contributed by atoms with van der Waals surface area (Å²) in [4.78, 5) is 31.4. The largest absolute Gasteiger partial charge is 0.268 e. The minimum atomic E-state index is -0.259. The molecule has 0 unspecified atom stereocenters. The number of anilines is 1. The number of carbonyl (C=O) groups is 2. The number of para-hydroxylation sites is 1. The molecule has 2 amide bonds. The van der Waals surface area contributed by atoms with Crippen molar-refractivity contribution in [2.24, 2.45) is 0 Å². The van der Waals surface area contributed by atoms with E-state index in [9.17, 15) is 9.59 Å². The van der Waals surface area contributed by atoms with Crippen molar-refractivity contribution < 1.29 is 9.59 Å². The van der Waals surface area contributed by atoms with Crippen LogP contribution in [0.2, 0.25) is 0 Å². The molecule has 1 aliphatic heterocycles. The van der Waals surface area contributed by atoms with Crippen molar-refractivity contribution >= 4 is 104 Å². The molecule has 1 heterocycles. The molecule has 0 spiro atoms. The van der Waals surface area contributed by atoms with E-state index in [4.69, 9.17) is 0 Å². The summed E-state index contributed by atoms with van der Waals surface area (Å²) in [7, 11) is 0. The van der Waals surface area contributed by atoms with Crippen molar-refractivity contribution in [1.29, 1.82) is 0 Å². The van der Waals surface area contributed by atoms with Crippen LogP contribution in [0.4, 0.5) is 5.69 Å². The molecule has 3 nitrogen and oxygen atoms in total. The molecule has 3 heteroatoms. The van der Waals surface area contributed by atoms with Crippen LogP contribution < -0.4 is 4.90 Å². The highest BCUT2D eigenvalue weighted by Crippen LogP contribution is 2.60. The molecule has 1 aliphatic carbocycles. The zero-order valence-electron chi connectivity index (χ0n) is 38.7. The highest BCUT2D eigenvalue weighted by molar-refractivity contribution is 6.47. The maximum atomic E-state index is 14.9. The van der Waals surface area contributed by atoms with E-state index in [-0.39, 0.29) is 23.7 Å². The second-order valence-corrected chi connectivity index (χ2v) is 20.0. The van der Waals surface area contributed by atoms with Gasteiger partial charge in [0, 0.05) is 16.5 Å². The first-order valence-electron chi connectivity index (χ1n) is 24.3. The average Bonchev–Trinajstić information content (AvgIpc) is 3.71. The first-order chi connectivity index (χ1) is 33.8. The molecule has 0 N–H and O–H groups in total. The maximum absolute atomic E-state index is 14.9. The van der Waals surface area contributed by atoms with E-state index in [1.54, 1.807) is 0 Å². The van der Waals surface area contributed by atoms with Gasteiger partial charge in [0.1, 0.15) is 0 Å². The number of carbonyl (C=O) groups excluding carboxylic acids is 2. The summed E-state index contributed by atoms with van der Waals surface area (Å²) in [6.07, 6.45) is 0. The third-order valence-corrected chi connectivity index (χ3v) is 16.0. The molecule has 324 valence electrons. The van der Waals surface area contributed by atoms with E-state index in [1.807, 2.05) is 18.2 Å². The molecule has 13 aromatic rings. The van der Waals surface area contributed by atoms with Crippen molar-refractivity contribution in [3.8, 4) is 44.5 Å². The van der Waals surface area contributed by atoms with E-state index in [0.717, 1.165) is 49.1 Å². The van der Waals surface area contributed by atoms with Crippen molar-refractivity contribution in [2.75, 3.05) is 4.90 Å². The molecule has 69 heavy (non-hydrogen) atoms. The molecule has 15 rings (SSSR count). The van der Waals surface area contributed by atoms with Gasteiger partial charge in [-0.1, -0.05) is 191 Å². The van der Waals surface area contributed by atoms with E-state index < -0.39 is 0 Å². The van der Waals surface area contributed by atoms with Gasteiger partial charge in [0.15, 0.2) is 0 Å². The van der Waals surface area contributed by atoms with Crippen LogP contribution in [-0.2, 0) is 0 Å². The number of nitrogens with zero attached hydrogens (tertiary/aromatic N) is 1. The Bertz CT molecular complexity index is 4180. The molecule has 0 aromatic heterocycles. The van der Waals surface area contributed by atoms with Crippen LogP contribution in [0.25, 0.3) is 131 Å². The molecular formula is C66H43NO2. The number of benzene rings is 13. The number of hydrogen-bond acceptors (Lipinski definition) is 2. The summed E-state index contributed by atoms with van der Waals surface area (Å²) >= 11 is 0. The molecule has 0 atom stereocenters. The van der Waals surface area contributed by atoms with Gasteiger partial charge in [-0.3, -0.25) is 9.59 Å². The number of fused-ring (bicyclic) bond motifs is 8. The maximum Gasteiger partial charge on any atom is 0.266 e. The van der Waals surface area contributed by atoms with Gasteiger partial charge < -0.3 is 0 Å². The number of imide groups is 1. The molecule has 0 fully saturated rings. The van der Waals surface area contributed by atoms with Gasteiger partial charge in [-0.25, -0.2) is 4.90 Å². The van der Waals surface area contributed by atoms with E-state index in [0.29, 0.717) is 11.1 Å². The predicted molar refractivity (Wildman–Crippen MR) is 290 cm³/mol. The Kier molecular flexibility index (Phi) is 7.63. The minimum absolute atomic E-state index is 0.127. The summed E-state index contributed by atoms with van der Waals surface area (Å²) in [6, 6.07) is 64.0. The fraction of sp³-hybridized carbons (Fsp3) is 0.0909. The lowest BCUT2D eigenvalue weighted by atomic mass is 9.81. The zero-order valence-corrected chi connectivity index (χ0v) is 38.7. The second kappa shape index (κ2) is 13.6. The summed E-state index contributed by atoms with van der Waals surface area (Å²) in [5.41, 5.74) is 14.0. The Labute approximate surface area is 398 Å². The Morgan fingerprint density at radius 1 is 0.290 bits per heavy atom. The Balaban J connectivity index is 1.00. The van der Waals surface area contributed by atoms with Gasteiger partial charge in [-0.05, 0) is 160 Å². The number of amides is 2. The molecule has 0 saturated heterocycles. The van der Waals surface area contributed by atoms with E-state index in [1.165, 1.54) is 103 Å². The van der Waals surface area contributed by atoms with Gasteiger partial charge in [-0.2, -0.15) is 0 Å². The lowest BCUT2D eigenvalue weighted by molar-refractivity contribution is 0.0893. The molecular weight excluding hydrogens is 839 g/mol. The quantitative estimate of drug-likeness (QED) is 0.0981. The van der Waals surface area contributed by atoms with Gasteiger partial charge >= 0.3 is 0 Å². The standard InChI is InChI=1S/C66H43NO2/c1-34(2)38-20-13-21-39(35(3)4)64(38)67-65(68)52-32-28-48-44-24-22-42-46-26-30-50-60-51(31-27-47(58(46)60)43-23-25-45(57(44)56(42)43)49-29-33-53(66(67)69)61(52)59(48)49)63-55(37-16-9-6-10-17-37)41-19-12-11-18-40(41)54(62(50)63)36-14-7-5-8-15-36/h5-35H,1-4H3. The monoisotopic (exact) mass is 881 g/mol. The zero-order chi connectivity index (χ0) is 46.1. The van der Waals surface area contributed by atoms with Gasteiger partial charge in [0.25, 0.3) is 11.8 Å². The van der Waals surface area contributed by atoms with Gasteiger partial charge in [-0.15, -0.1) is 0 Å². The molecule has 0 saturated carbocycles. The third-order valence-electron chi connectivity index (χ3n) is 16.0. The van der Waals surface area contributed by atoms with Gasteiger partial charge in [0.2, 0.25) is 0 Å². The minimum Gasteiger partial charge on any atom is -0.268 e. The molecule has 0 radical (unpaired) electrons. The Hall–Kier alpha value is -8.40. The number of hydrogen-bond donors (Lipinski definition) is 0. The van der Waals surface area contributed by atoms with Crippen molar-refractivity contribution in [1.82, 2.24) is 0 Å². The highest BCUT2D eigenvalue weighted by Gasteiger charge is 2.39. The first-order valence-corrected chi connectivity index (χ1v) is 24.3.